The Kier molecular flexibility index (Phi) is 5.35. The Hall–Kier alpha value is -3.32. The molecule has 30 heavy (non-hydrogen) atoms. The molecular weight excluding hydrogens is 392 g/mol. The van der Waals surface area contributed by atoms with Crippen LogP contribution in [0.5, 0.6) is 0 Å². The first kappa shape index (κ1) is 18.7. The first-order valence-corrected chi connectivity index (χ1v) is 10.9. The van der Waals surface area contributed by atoms with Crippen molar-refractivity contribution in [2.75, 3.05) is 0 Å². The molecule has 0 aliphatic carbocycles. The van der Waals surface area contributed by atoms with Gasteiger partial charge < -0.3 is 14.5 Å². The summed E-state index contributed by atoms with van der Waals surface area (Å²) in [7, 11) is 0. The van der Waals surface area contributed by atoms with Gasteiger partial charge in [-0.25, -0.2) is 4.98 Å². The summed E-state index contributed by atoms with van der Waals surface area (Å²) in [6.45, 7) is 0.860. The molecule has 0 unspecified atom stereocenters. The van der Waals surface area contributed by atoms with Gasteiger partial charge in [0.15, 0.2) is 5.16 Å². The molecule has 5 aromatic rings. The smallest absolute Gasteiger partial charge is 0.196 e. The SMILES string of the molecule is c1ccc(Sc2nnc(Cc3c[nH]c4ccccc34)n2CCCc2cnc[nH]2)cc1. The fraction of sp³-hybridized carbons (Fsp3) is 0.174. The van der Waals surface area contributed by atoms with Crippen molar-refractivity contribution in [2.45, 2.75) is 35.9 Å². The number of fused-ring (bicyclic) bond motifs is 1. The Morgan fingerprint density at radius 3 is 2.67 bits per heavy atom. The average molecular weight is 415 g/mol. The molecule has 150 valence electrons. The van der Waals surface area contributed by atoms with Crippen molar-refractivity contribution < 1.29 is 0 Å². The fourth-order valence-electron chi connectivity index (χ4n) is 3.64. The zero-order valence-corrected chi connectivity index (χ0v) is 17.3. The maximum absolute atomic E-state index is 4.57. The van der Waals surface area contributed by atoms with E-state index in [0.29, 0.717) is 0 Å². The summed E-state index contributed by atoms with van der Waals surface area (Å²) in [4.78, 5) is 11.8. The molecule has 3 aromatic heterocycles. The summed E-state index contributed by atoms with van der Waals surface area (Å²) in [6.07, 6.45) is 8.38. The van der Waals surface area contributed by atoms with Crippen LogP contribution in [0.25, 0.3) is 10.9 Å². The summed E-state index contributed by atoms with van der Waals surface area (Å²) < 4.78 is 2.26. The third-order valence-corrected chi connectivity index (χ3v) is 6.14. The van der Waals surface area contributed by atoms with Gasteiger partial charge >= 0.3 is 0 Å². The van der Waals surface area contributed by atoms with Crippen LogP contribution in [-0.2, 0) is 19.4 Å². The second-order valence-electron chi connectivity index (χ2n) is 7.18. The Morgan fingerprint density at radius 2 is 1.80 bits per heavy atom. The summed E-state index contributed by atoms with van der Waals surface area (Å²) in [5, 5.41) is 11.3. The molecular formula is C23H22N6S. The van der Waals surface area contributed by atoms with Crippen molar-refractivity contribution in [2.24, 2.45) is 0 Å². The predicted octanol–water partition coefficient (Wildman–Crippen LogP) is 4.86. The maximum Gasteiger partial charge on any atom is 0.196 e. The molecule has 2 N–H and O–H groups in total. The molecule has 0 amide bonds. The van der Waals surface area contributed by atoms with Crippen LogP contribution in [0.15, 0.2) is 83.4 Å². The van der Waals surface area contributed by atoms with E-state index in [-0.39, 0.29) is 0 Å². The Balaban J connectivity index is 1.41. The van der Waals surface area contributed by atoms with Gasteiger partial charge in [-0.05, 0) is 48.4 Å². The first-order valence-electron chi connectivity index (χ1n) is 10.0. The van der Waals surface area contributed by atoms with Crippen molar-refractivity contribution >= 4 is 22.7 Å². The summed E-state index contributed by atoms with van der Waals surface area (Å²) in [6, 6.07) is 18.7. The van der Waals surface area contributed by atoms with Gasteiger partial charge in [0.05, 0.1) is 6.33 Å². The van der Waals surface area contributed by atoms with Gasteiger partial charge in [0.1, 0.15) is 5.82 Å². The van der Waals surface area contributed by atoms with Crippen LogP contribution in [0, 0.1) is 0 Å². The minimum absolute atomic E-state index is 0.746. The average Bonchev–Trinajstić information content (AvgIpc) is 3.52. The Morgan fingerprint density at radius 1 is 0.933 bits per heavy atom. The molecule has 0 spiro atoms. The third-order valence-electron chi connectivity index (χ3n) is 5.15. The monoisotopic (exact) mass is 414 g/mol. The van der Waals surface area contributed by atoms with E-state index in [2.05, 4.69) is 72.3 Å². The number of aryl methyl sites for hydroxylation is 1. The van der Waals surface area contributed by atoms with Gasteiger partial charge in [-0.3, -0.25) is 0 Å². The highest BCUT2D eigenvalue weighted by Crippen LogP contribution is 2.28. The van der Waals surface area contributed by atoms with Gasteiger partial charge in [0.25, 0.3) is 0 Å². The van der Waals surface area contributed by atoms with Crippen LogP contribution in [0.1, 0.15) is 23.5 Å². The number of H-pyrrole nitrogens is 2. The number of imidazole rings is 1. The molecule has 5 rings (SSSR count). The molecule has 0 aliphatic rings. The minimum atomic E-state index is 0.746. The molecule has 0 fully saturated rings. The summed E-state index contributed by atoms with van der Waals surface area (Å²) in [5.41, 5.74) is 3.54. The van der Waals surface area contributed by atoms with Gasteiger partial charge in [0.2, 0.25) is 0 Å². The zero-order chi connectivity index (χ0) is 20.2. The lowest BCUT2D eigenvalue weighted by molar-refractivity contribution is 0.573. The molecule has 0 saturated heterocycles. The van der Waals surface area contributed by atoms with E-state index in [4.69, 9.17) is 0 Å². The van der Waals surface area contributed by atoms with E-state index in [1.165, 1.54) is 15.8 Å². The molecule has 2 aromatic carbocycles. The van der Waals surface area contributed by atoms with Crippen LogP contribution < -0.4 is 0 Å². The van der Waals surface area contributed by atoms with Crippen LogP contribution in [0.3, 0.4) is 0 Å². The second kappa shape index (κ2) is 8.59. The highest BCUT2D eigenvalue weighted by molar-refractivity contribution is 7.99. The zero-order valence-electron chi connectivity index (χ0n) is 16.5. The molecule has 3 heterocycles. The van der Waals surface area contributed by atoms with Crippen LogP contribution in [0.4, 0.5) is 0 Å². The van der Waals surface area contributed by atoms with Crippen molar-refractivity contribution in [1.82, 2.24) is 29.7 Å². The minimum Gasteiger partial charge on any atom is -0.361 e. The lowest BCUT2D eigenvalue weighted by Crippen LogP contribution is -2.07. The molecule has 6 nitrogen and oxygen atoms in total. The predicted molar refractivity (Wildman–Crippen MR) is 119 cm³/mol. The van der Waals surface area contributed by atoms with Crippen LogP contribution in [0.2, 0.25) is 0 Å². The number of aromatic nitrogens is 6. The van der Waals surface area contributed by atoms with Crippen LogP contribution in [-0.4, -0.2) is 29.7 Å². The van der Waals surface area contributed by atoms with Gasteiger partial charge in [-0.2, -0.15) is 0 Å². The van der Waals surface area contributed by atoms with Gasteiger partial charge in [0, 0.05) is 46.9 Å². The van der Waals surface area contributed by atoms with Crippen molar-refractivity contribution in [1.29, 1.82) is 0 Å². The molecule has 0 aliphatic heterocycles. The topological polar surface area (TPSA) is 75.2 Å². The Bertz CT molecular complexity index is 1220. The first-order chi connectivity index (χ1) is 14.9. The molecule has 0 bridgehead atoms. The fourth-order valence-corrected chi connectivity index (χ4v) is 4.53. The Labute approximate surface area is 178 Å². The molecule has 0 radical (unpaired) electrons. The number of para-hydroxylation sites is 1. The molecule has 0 saturated carbocycles. The quantitative estimate of drug-likeness (QED) is 0.380. The summed E-state index contributed by atoms with van der Waals surface area (Å²) in [5.74, 6) is 0.989. The number of rotatable bonds is 8. The normalized spacial score (nSPS) is 11.3. The van der Waals surface area contributed by atoms with Crippen molar-refractivity contribution in [3.8, 4) is 0 Å². The number of nitrogens with one attached hydrogen (secondary N) is 2. The van der Waals surface area contributed by atoms with Gasteiger partial charge in [-0.1, -0.05) is 36.4 Å². The van der Waals surface area contributed by atoms with E-state index >= 15 is 0 Å². The number of aromatic amines is 2. The third kappa shape index (κ3) is 4.02. The van der Waals surface area contributed by atoms with Crippen molar-refractivity contribution in [3.05, 3.63) is 90.4 Å². The second-order valence-corrected chi connectivity index (χ2v) is 8.22. The summed E-state index contributed by atoms with van der Waals surface area (Å²) >= 11 is 1.66. The highest BCUT2D eigenvalue weighted by Gasteiger charge is 2.15. The van der Waals surface area contributed by atoms with E-state index < -0.39 is 0 Å². The van der Waals surface area contributed by atoms with E-state index in [0.717, 1.165) is 48.0 Å². The molecule has 7 heteroatoms. The van der Waals surface area contributed by atoms with Crippen LogP contribution >= 0.6 is 11.8 Å². The maximum atomic E-state index is 4.57. The van der Waals surface area contributed by atoms with Gasteiger partial charge in [-0.15, -0.1) is 10.2 Å². The van der Waals surface area contributed by atoms with E-state index in [1.54, 1.807) is 18.1 Å². The molecule has 0 atom stereocenters. The highest BCUT2D eigenvalue weighted by atomic mass is 32.2. The largest absolute Gasteiger partial charge is 0.361 e. The van der Waals surface area contributed by atoms with Crippen molar-refractivity contribution in [3.63, 3.8) is 0 Å². The number of nitrogens with zero attached hydrogens (tertiary/aromatic N) is 4. The number of benzene rings is 2. The standard InChI is InChI=1S/C23H22N6S/c1-2-8-19(9-3-1)30-23-28-27-22(29(23)12-6-7-18-15-24-16-26-18)13-17-14-25-21-11-5-4-10-20(17)21/h1-5,8-11,14-16,25H,6-7,12-13H2,(H,24,26). The number of hydrogen-bond acceptors (Lipinski definition) is 4. The van der Waals surface area contributed by atoms with E-state index in [1.807, 2.05) is 24.4 Å². The van der Waals surface area contributed by atoms with E-state index in [9.17, 15) is 0 Å². The number of hydrogen-bond donors (Lipinski definition) is 2. The lowest BCUT2D eigenvalue weighted by atomic mass is 10.1. The lowest BCUT2D eigenvalue weighted by Gasteiger charge is -2.10.